The molecule has 2 rings (SSSR count). The summed E-state index contributed by atoms with van der Waals surface area (Å²) in [7, 11) is 0. The lowest BCUT2D eigenvalue weighted by atomic mass is 9.87. The second-order valence-electron chi connectivity index (χ2n) is 3.57. The van der Waals surface area contributed by atoms with Gasteiger partial charge in [-0.3, -0.25) is 0 Å². The zero-order valence-electron chi connectivity index (χ0n) is 7.06. The molecule has 1 heteroatoms. The molecule has 1 aliphatic heterocycles. The van der Waals surface area contributed by atoms with E-state index < -0.39 is 0 Å². The fraction of sp³-hybridized carbons (Fsp3) is 0.600. The average molecular weight is 149 g/mol. The van der Waals surface area contributed by atoms with Crippen LogP contribution in [-0.2, 0) is 0 Å². The third-order valence-electron chi connectivity index (χ3n) is 2.58. The Bertz CT molecular complexity index is 213. The van der Waals surface area contributed by atoms with E-state index >= 15 is 0 Å². The summed E-state index contributed by atoms with van der Waals surface area (Å²) in [5.41, 5.74) is 2.99. The highest BCUT2D eigenvalue weighted by atomic mass is 14.9. The minimum absolute atomic E-state index is 0.674. The molecule has 0 aromatic heterocycles. The minimum atomic E-state index is 0.674. The number of hydrogen-bond acceptors (Lipinski definition) is 1. The summed E-state index contributed by atoms with van der Waals surface area (Å²) in [5.74, 6) is 0. The molecule has 0 saturated heterocycles. The van der Waals surface area contributed by atoms with Crippen LogP contribution < -0.4 is 5.32 Å². The zero-order valence-corrected chi connectivity index (χ0v) is 7.06. The van der Waals surface area contributed by atoms with Crippen molar-refractivity contribution >= 4 is 0 Å². The van der Waals surface area contributed by atoms with Crippen LogP contribution in [-0.4, -0.2) is 6.04 Å². The van der Waals surface area contributed by atoms with Crippen LogP contribution in [0, 0.1) is 0 Å². The highest BCUT2D eigenvalue weighted by Gasteiger charge is 2.19. The first-order valence-corrected chi connectivity index (χ1v) is 4.49. The van der Waals surface area contributed by atoms with E-state index in [9.17, 15) is 0 Å². The number of fused-ring (bicyclic) bond motifs is 1. The van der Waals surface area contributed by atoms with Crippen LogP contribution in [0.5, 0.6) is 0 Å². The maximum Gasteiger partial charge on any atom is 0.0471 e. The number of nitrogens with one attached hydrogen (secondary N) is 1. The number of rotatable bonds is 0. The fourth-order valence-electron chi connectivity index (χ4n) is 1.97. The van der Waals surface area contributed by atoms with Gasteiger partial charge in [-0.25, -0.2) is 0 Å². The Kier molecular flexibility index (Phi) is 1.72. The quantitative estimate of drug-likeness (QED) is 0.557. The van der Waals surface area contributed by atoms with Crippen LogP contribution in [0.25, 0.3) is 0 Å². The Morgan fingerprint density at radius 1 is 1.45 bits per heavy atom. The van der Waals surface area contributed by atoms with Gasteiger partial charge in [0.1, 0.15) is 0 Å². The van der Waals surface area contributed by atoms with Crippen LogP contribution in [0.1, 0.15) is 32.6 Å². The van der Waals surface area contributed by atoms with Crippen molar-refractivity contribution in [3.05, 3.63) is 23.4 Å². The van der Waals surface area contributed by atoms with Gasteiger partial charge in [-0.05, 0) is 43.5 Å². The second kappa shape index (κ2) is 2.72. The van der Waals surface area contributed by atoms with Gasteiger partial charge in [0.2, 0.25) is 0 Å². The molecule has 60 valence electrons. The third kappa shape index (κ3) is 1.32. The molecule has 0 aromatic carbocycles. The molecule has 1 unspecified atom stereocenters. The standard InChI is InChI=1S/C10H15N/c1-8-6-9-4-2-3-5-10(9)11-7-8/h6-7,10-11H,2-5H2,1H3. The molecule has 11 heavy (non-hydrogen) atoms. The van der Waals surface area contributed by atoms with Crippen molar-refractivity contribution in [2.24, 2.45) is 0 Å². The molecular formula is C10H15N. The van der Waals surface area contributed by atoms with Gasteiger partial charge in [0.05, 0.1) is 0 Å². The Balaban J connectivity index is 2.17. The molecule has 1 aliphatic carbocycles. The Hall–Kier alpha value is -0.720. The Morgan fingerprint density at radius 2 is 2.36 bits per heavy atom. The van der Waals surface area contributed by atoms with Crippen LogP contribution in [0.4, 0.5) is 0 Å². The average Bonchev–Trinajstić information content (AvgIpc) is 2.04. The SMILES string of the molecule is CC1=CNC2CCCCC2=C1. The molecule has 1 N–H and O–H groups in total. The largest absolute Gasteiger partial charge is 0.384 e. The molecule has 2 aliphatic rings. The molecule has 1 saturated carbocycles. The normalized spacial score (nSPS) is 29.7. The summed E-state index contributed by atoms with van der Waals surface area (Å²) in [6.07, 6.45) is 9.90. The van der Waals surface area contributed by atoms with Crippen molar-refractivity contribution in [1.29, 1.82) is 0 Å². The van der Waals surface area contributed by atoms with Gasteiger partial charge < -0.3 is 5.32 Å². The first-order chi connectivity index (χ1) is 5.36. The van der Waals surface area contributed by atoms with E-state index in [0.717, 1.165) is 0 Å². The van der Waals surface area contributed by atoms with Gasteiger partial charge in [-0.15, -0.1) is 0 Å². The van der Waals surface area contributed by atoms with Crippen molar-refractivity contribution in [1.82, 2.24) is 5.32 Å². The van der Waals surface area contributed by atoms with E-state index in [-0.39, 0.29) is 0 Å². The molecule has 0 spiro atoms. The van der Waals surface area contributed by atoms with E-state index in [0.29, 0.717) is 6.04 Å². The number of dihydropyridines is 1. The topological polar surface area (TPSA) is 12.0 Å². The Morgan fingerprint density at radius 3 is 3.27 bits per heavy atom. The smallest absolute Gasteiger partial charge is 0.0471 e. The maximum atomic E-state index is 3.44. The first-order valence-electron chi connectivity index (χ1n) is 4.49. The van der Waals surface area contributed by atoms with Crippen molar-refractivity contribution in [3.63, 3.8) is 0 Å². The van der Waals surface area contributed by atoms with Crippen LogP contribution in [0.2, 0.25) is 0 Å². The molecule has 1 atom stereocenters. The first kappa shape index (κ1) is 6.96. The summed E-state index contributed by atoms with van der Waals surface area (Å²) in [4.78, 5) is 0. The molecule has 1 heterocycles. The summed E-state index contributed by atoms with van der Waals surface area (Å²) < 4.78 is 0. The summed E-state index contributed by atoms with van der Waals surface area (Å²) in [6, 6.07) is 0.674. The highest BCUT2D eigenvalue weighted by Crippen LogP contribution is 2.26. The maximum absolute atomic E-state index is 3.44. The molecular weight excluding hydrogens is 134 g/mol. The van der Waals surface area contributed by atoms with Crippen LogP contribution in [0.3, 0.4) is 0 Å². The van der Waals surface area contributed by atoms with Gasteiger partial charge >= 0.3 is 0 Å². The van der Waals surface area contributed by atoms with Gasteiger partial charge in [-0.1, -0.05) is 12.5 Å². The van der Waals surface area contributed by atoms with Crippen molar-refractivity contribution in [2.75, 3.05) is 0 Å². The van der Waals surface area contributed by atoms with E-state index in [1.165, 1.54) is 31.3 Å². The molecule has 1 nitrogen and oxygen atoms in total. The van der Waals surface area contributed by atoms with Crippen LogP contribution >= 0.6 is 0 Å². The van der Waals surface area contributed by atoms with Crippen LogP contribution in [0.15, 0.2) is 23.4 Å². The summed E-state index contributed by atoms with van der Waals surface area (Å²) in [6.45, 7) is 2.16. The summed E-state index contributed by atoms with van der Waals surface area (Å²) >= 11 is 0. The van der Waals surface area contributed by atoms with Gasteiger partial charge in [0, 0.05) is 6.04 Å². The zero-order chi connectivity index (χ0) is 7.68. The fourth-order valence-corrected chi connectivity index (χ4v) is 1.97. The molecule has 0 aromatic rings. The summed E-state index contributed by atoms with van der Waals surface area (Å²) in [5, 5.41) is 3.44. The minimum Gasteiger partial charge on any atom is -0.384 e. The molecule has 1 fully saturated rings. The number of allylic oxidation sites excluding steroid dienone is 2. The second-order valence-corrected chi connectivity index (χ2v) is 3.57. The molecule has 0 radical (unpaired) electrons. The van der Waals surface area contributed by atoms with Crippen molar-refractivity contribution < 1.29 is 0 Å². The monoisotopic (exact) mass is 149 g/mol. The van der Waals surface area contributed by atoms with Crippen molar-refractivity contribution in [3.8, 4) is 0 Å². The van der Waals surface area contributed by atoms with Gasteiger partial charge in [-0.2, -0.15) is 0 Å². The predicted molar refractivity (Wildman–Crippen MR) is 47.2 cm³/mol. The predicted octanol–water partition coefficient (Wildman–Crippen LogP) is 2.36. The van der Waals surface area contributed by atoms with E-state index in [4.69, 9.17) is 0 Å². The van der Waals surface area contributed by atoms with Crippen molar-refractivity contribution in [2.45, 2.75) is 38.6 Å². The van der Waals surface area contributed by atoms with E-state index in [1.807, 2.05) is 0 Å². The van der Waals surface area contributed by atoms with Gasteiger partial charge in [0.15, 0.2) is 0 Å². The van der Waals surface area contributed by atoms with Gasteiger partial charge in [0.25, 0.3) is 0 Å². The molecule has 0 amide bonds. The highest BCUT2D eigenvalue weighted by molar-refractivity contribution is 5.30. The lowest BCUT2D eigenvalue weighted by Crippen LogP contribution is -2.31. The lowest BCUT2D eigenvalue weighted by Gasteiger charge is -2.28. The Labute approximate surface area is 68.2 Å². The third-order valence-corrected chi connectivity index (χ3v) is 2.58. The molecule has 0 bridgehead atoms. The van der Waals surface area contributed by atoms with E-state index in [2.05, 4.69) is 24.5 Å². The lowest BCUT2D eigenvalue weighted by molar-refractivity contribution is 0.488. The number of hydrogen-bond donors (Lipinski definition) is 1. The van der Waals surface area contributed by atoms with E-state index in [1.54, 1.807) is 5.57 Å².